The van der Waals surface area contributed by atoms with Crippen LogP contribution in [-0.4, -0.2) is 57.3 Å². The van der Waals surface area contributed by atoms with Crippen LogP contribution in [0, 0.1) is 11.8 Å². The molecule has 4 N–H and O–H groups in total. The minimum atomic E-state index is 0.712. The van der Waals surface area contributed by atoms with Gasteiger partial charge in [-0.05, 0) is 18.4 Å². The fraction of sp³-hybridized carbons (Fsp3) is 1.00. The highest BCUT2D eigenvalue weighted by atomic mass is 15.1. The second-order valence-electron chi connectivity index (χ2n) is 5.83. The fourth-order valence-corrected chi connectivity index (χ4v) is 1.92. The summed E-state index contributed by atoms with van der Waals surface area (Å²) in [5.41, 5.74) is 5.63. The molecule has 0 amide bonds. The van der Waals surface area contributed by atoms with Crippen molar-refractivity contribution in [2.24, 2.45) is 17.6 Å². The molecule has 0 rings (SSSR count). The predicted octanol–water partition coefficient (Wildman–Crippen LogP) is 0.738. The number of nitrogens with two attached hydrogens (primary N) is 1. The molecule has 0 radical (unpaired) electrons. The molecule has 0 unspecified atom stereocenters. The van der Waals surface area contributed by atoms with Crippen LogP contribution in [0.3, 0.4) is 0 Å². The molecule has 0 atom stereocenters. The molecule has 0 aromatic rings. The van der Waals surface area contributed by atoms with Crippen molar-refractivity contribution >= 4 is 0 Å². The van der Waals surface area contributed by atoms with Gasteiger partial charge in [0.2, 0.25) is 0 Å². The van der Waals surface area contributed by atoms with Gasteiger partial charge in [-0.25, -0.2) is 0 Å². The molecule has 0 spiro atoms. The van der Waals surface area contributed by atoms with Crippen molar-refractivity contribution in [1.29, 1.82) is 0 Å². The first-order chi connectivity index (χ1) is 8.56. The van der Waals surface area contributed by atoms with Crippen LogP contribution in [0.25, 0.3) is 0 Å². The van der Waals surface area contributed by atoms with Gasteiger partial charge in [0.25, 0.3) is 0 Å². The third kappa shape index (κ3) is 12.3. The van der Waals surface area contributed by atoms with Crippen LogP contribution < -0.4 is 16.4 Å². The Morgan fingerprint density at radius 2 is 1.56 bits per heavy atom. The van der Waals surface area contributed by atoms with E-state index in [-0.39, 0.29) is 0 Å². The Hall–Kier alpha value is -0.160. The zero-order chi connectivity index (χ0) is 13.8. The summed E-state index contributed by atoms with van der Waals surface area (Å²) in [4.78, 5) is 2.44. The van der Waals surface area contributed by atoms with Crippen molar-refractivity contribution < 1.29 is 0 Å². The van der Waals surface area contributed by atoms with E-state index in [0.29, 0.717) is 5.92 Å². The van der Waals surface area contributed by atoms with Gasteiger partial charge in [-0.1, -0.05) is 27.7 Å². The Bertz CT molecular complexity index is 171. The molecular formula is C14H34N4. The summed E-state index contributed by atoms with van der Waals surface area (Å²) in [5.74, 6) is 1.44. The van der Waals surface area contributed by atoms with Gasteiger partial charge < -0.3 is 21.3 Å². The van der Waals surface area contributed by atoms with E-state index in [4.69, 9.17) is 5.73 Å². The van der Waals surface area contributed by atoms with Gasteiger partial charge >= 0.3 is 0 Å². The smallest absolute Gasteiger partial charge is 0.0107 e. The summed E-state index contributed by atoms with van der Waals surface area (Å²) in [7, 11) is 0. The minimum absolute atomic E-state index is 0.712. The minimum Gasteiger partial charge on any atom is -0.329 e. The third-order valence-electron chi connectivity index (χ3n) is 2.70. The van der Waals surface area contributed by atoms with E-state index in [1.54, 1.807) is 0 Å². The van der Waals surface area contributed by atoms with Crippen LogP contribution >= 0.6 is 0 Å². The largest absolute Gasteiger partial charge is 0.329 e. The SMILES string of the molecule is CC(C)CNCCNCCN(CCN)CC(C)C. The van der Waals surface area contributed by atoms with Crippen LogP contribution in [0.1, 0.15) is 27.7 Å². The first kappa shape index (κ1) is 17.8. The third-order valence-corrected chi connectivity index (χ3v) is 2.70. The molecule has 0 aliphatic heterocycles. The monoisotopic (exact) mass is 258 g/mol. The average Bonchev–Trinajstić information content (AvgIpc) is 2.26. The van der Waals surface area contributed by atoms with Gasteiger partial charge in [-0.15, -0.1) is 0 Å². The Morgan fingerprint density at radius 3 is 2.11 bits per heavy atom. The number of nitrogens with one attached hydrogen (secondary N) is 2. The Balaban J connectivity index is 3.43. The second-order valence-corrected chi connectivity index (χ2v) is 5.83. The molecular weight excluding hydrogens is 224 g/mol. The average molecular weight is 258 g/mol. The van der Waals surface area contributed by atoms with Crippen LogP contribution in [-0.2, 0) is 0 Å². The summed E-state index contributed by atoms with van der Waals surface area (Å²) in [6.45, 7) is 17.2. The molecule has 18 heavy (non-hydrogen) atoms. The quantitative estimate of drug-likeness (QED) is 0.452. The van der Waals surface area contributed by atoms with Crippen LogP contribution in [0.5, 0.6) is 0 Å². The molecule has 0 aromatic carbocycles. The molecule has 0 bridgehead atoms. The van der Waals surface area contributed by atoms with E-state index in [1.165, 1.54) is 0 Å². The van der Waals surface area contributed by atoms with Crippen molar-refractivity contribution in [2.45, 2.75) is 27.7 Å². The standard InChI is InChI=1S/C14H34N4/c1-13(2)11-17-7-6-16-8-10-18(9-5-15)12-14(3)4/h13-14,16-17H,5-12,15H2,1-4H3. The van der Waals surface area contributed by atoms with E-state index >= 15 is 0 Å². The molecule has 0 aromatic heterocycles. The van der Waals surface area contributed by atoms with Crippen molar-refractivity contribution in [3.63, 3.8) is 0 Å². The van der Waals surface area contributed by atoms with Crippen molar-refractivity contribution in [1.82, 2.24) is 15.5 Å². The lowest BCUT2D eigenvalue weighted by Crippen LogP contribution is -2.39. The first-order valence-electron chi connectivity index (χ1n) is 7.40. The first-order valence-corrected chi connectivity index (χ1v) is 7.40. The molecule has 0 heterocycles. The van der Waals surface area contributed by atoms with E-state index in [2.05, 4.69) is 43.2 Å². The molecule has 110 valence electrons. The highest BCUT2D eigenvalue weighted by Crippen LogP contribution is 1.96. The van der Waals surface area contributed by atoms with Gasteiger partial charge in [0, 0.05) is 45.8 Å². The summed E-state index contributed by atoms with van der Waals surface area (Å²) < 4.78 is 0. The molecule has 0 saturated carbocycles. The van der Waals surface area contributed by atoms with Crippen molar-refractivity contribution in [3.05, 3.63) is 0 Å². The maximum atomic E-state index is 5.63. The highest BCUT2D eigenvalue weighted by molar-refractivity contribution is 4.63. The molecule has 0 saturated heterocycles. The van der Waals surface area contributed by atoms with Crippen LogP contribution in [0.15, 0.2) is 0 Å². The second kappa shape index (κ2) is 11.9. The Morgan fingerprint density at radius 1 is 0.889 bits per heavy atom. The molecule has 0 aliphatic carbocycles. The lowest BCUT2D eigenvalue weighted by atomic mass is 10.2. The number of rotatable bonds is 12. The van der Waals surface area contributed by atoms with Gasteiger partial charge in [-0.2, -0.15) is 0 Å². The Kier molecular flexibility index (Phi) is 11.8. The predicted molar refractivity (Wildman–Crippen MR) is 80.9 cm³/mol. The normalized spacial score (nSPS) is 12.0. The lowest BCUT2D eigenvalue weighted by Gasteiger charge is -2.23. The summed E-state index contributed by atoms with van der Waals surface area (Å²) >= 11 is 0. The number of hydrogen-bond acceptors (Lipinski definition) is 4. The molecule has 0 aliphatic rings. The van der Waals surface area contributed by atoms with Crippen molar-refractivity contribution in [3.8, 4) is 0 Å². The Labute approximate surface area is 114 Å². The van der Waals surface area contributed by atoms with Gasteiger partial charge in [0.1, 0.15) is 0 Å². The summed E-state index contributed by atoms with van der Waals surface area (Å²) in [6.07, 6.45) is 0. The van der Waals surface area contributed by atoms with Gasteiger partial charge in [-0.3, -0.25) is 0 Å². The van der Waals surface area contributed by atoms with Crippen LogP contribution in [0.4, 0.5) is 0 Å². The van der Waals surface area contributed by atoms with Gasteiger partial charge in [0.15, 0.2) is 0 Å². The van der Waals surface area contributed by atoms with E-state index in [1.807, 2.05) is 0 Å². The number of hydrogen-bond donors (Lipinski definition) is 3. The van der Waals surface area contributed by atoms with Crippen LogP contribution in [0.2, 0.25) is 0 Å². The lowest BCUT2D eigenvalue weighted by molar-refractivity contribution is 0.250. The zero-order valence-corrected chi connectivity index (χ0v) is 12.8. The molecule has 4 nitrogen and oxygen atoms in total. The molecule has 0 fully saturated rings. The molecule has 4 heteroatoms. The summed E-state index contributed by atoms with van der Waals surface area (Å²) in [5, 5.41) is 6.91. The number of nitrogens with zero attached hydrogens (tertiary/aromatic N) is 1. The van der Waals surface area contributed by atoms with Gasteiger partial charge in [0.05, 0.1) is 0 Å². The fourth-order valence-electron chi connectivity index (χ4n) is 1.92. The highest BCUT2D eigenvalue weighted by Gasteiger charge is 2.05. The summed E-state index contributed by atoms with van der Waals surface area (Å²) in [6, 6.07) is 0. The maximum absolute atomic E-state index is 5.63. The van der Waals surface area contributed by atoms with E-state index in [9.17, 15) is 0 Å². The maximum Gasteiger partial charge on any atom is 0.0107 e. The van der Waals surface area contributed by atoms with E-state index < -0.39 is 0 Å². The zero-order valence-electron chi connectivity index (χ0n) is 12.8. The van der Waals surface area contributed by atoms with E-state index in [0.717, 1.165) is 58.3 Å². The topological polar surface area (TPSA) is 53.3 Å². The van der Waals surface area contributed by atoms with Crippen molar-refractivity contribution in [2.75, 3.05) is 52.4 Å².